The van der Waals surface area contributed by atoms with Crippen LogP contribution in [0.4, 0.5) is 0 Å². The molecule has 2 aromatic heterocycles. The summed E-state index contributed by atoms with van der Waals surface area (Å²) in [5.74, 6) is 1.87. The molecule has 4 rings (SSSR count). The fourth-order valence-corrected chi connectivity index (χ4v) is 3.01. The molecule has 8 nitrogen and oxygen atoms in total. The van der Waals surface area contributed by atoms with Gasteiger partial charge < -0.3 is 14.8 Å². The second-order valence-corrected chi connectivity index (χ2v) is 6.73. The maximum atomic E-state index is 12.5. The molecule has 0 saturated carbocycles. The highest BCUT2D eigenvalue weighted by molar-refractivity contribution is 5.92. The van der Waals surface area contributed by atoms with Gasteiger partial charge in [0.25, 0.3) is 11.7 Å². The lowest BCUT2D eigenvalue weighted by Crippen LogP contribution is -2.34. The van der Waals surface area contributed by atoms with Crippen molar-refractivity contribution in [1.82, 2.24) is 24.9 Å². The van der Waals surface area contributed by atoms with Crippen LogP contribution in [0.3, 0.4) is 0 Å². The molecule has 0 bridgehead atoms. The minimum absolute atomic E-state index is 0.0987. The zero-order chi connectivity index (χ0) is 18.8. The third-order valence-corrected chi connectivity index (χ3v) is 4.42. The second kappa shape index (κ2) is 7.22. The van der Waals surface area contributed by atoms with Gasteiger partial charge in [-0.3, -0.25) is 4.79 Å². The van der Waals surface area contributed by atoms with Crippen molar-refractivity contribution in [3.63, 3.8) is 0 Å². The van der Waals surface area contributed by atoms with Crippen molar-refractivity contribution in [2.24, 2.45) is 0 Å². The molecule has 1 atom stereocenters. The van der Waals surface area contributed by atoms with Gasteiger partial charge in [0.05, 0.1) is 5.69 Å². The van der Waals surface area contributed by atoms with Crippen molar-refractivity contribution < 1.29 is 14.3 Å². The average molecular weight is 367 g/mol. The van der Waals surface area contributed by atoms with Crippen molar-refractivity contribution in [3.05, 3.63) is 48.0 Å². The molecule has 140 valence electrons. The first-order chi connectivity index (χ1) is 13.1. The van der Waals surface area contributed by atoms with Gasteiger partial charge in [-0.05, 0) is 24.1 Å². The Labute approximate surface area is 156 Å². The fourth-order valence-electron chi connectivity index (χ4n) is 3.01. The number of para-hydroxylation sites is 2. The predicted molar refractivity (Wildman–Crippen MR) is 98.2 cm³/mol. The fraction of sp³-hybridized carbons (Fsp3) is 0.368. The van der Waals surface area contributed by atoms with Crippen molar-refractivity contribution in [1.29, 1.82) is 0 Å². The normalized spacial score (nSPS) is 15.9. The largest absolute Gasteiger partial charge is 0.486 e. The number of carbonyl (C=O) groups is 1. The Balaban J connectivity index is 1.38. The van der Waals surface area contributed by atoms with Crippen LogP contribution in [-0.2, 0) is 0 Å². The molecule has 0 radical (unpaired) electrons. The van der Waals surface area contributed by atoms with Crippen LogP contribution in [0.5, 0.6) is 11.5 Å². The summed E-state index contributed by atoms with van der Waals surface area (Å²) in [6.07, 6.45) is 1.98. The summed E-state index contributed by atoms with van der Waals surface area (Å²) in [5, 5.41) is 7.06. The van der Waals surface area contributed by atoms with Crippen LogP contribution in [0.2, 0.25) is 0 Å². The molecular weight excluding hydrogens is 346 g/mol. The number of aromatic nitrogens is 4. The number of amides is 1. The van der Waals surface area contributed by atoms with E-state index in [-0.39, 0.29) is 17.9 Å². The maximum Gasteiger partial charge on any atom is 0.270 e. The molecule has 0 spiro atoms. The zero-order valence-corrected chi connectivity index (χ0v) is 15.3. The lowest BCUT2D eigenvalue weighted by molar-refractivity contribution is 0.0811. The van der Waals surface area contributed by atoms with Gasteiger partial charge >= 0.3 is 0 Å². The van der Waals surface area contributed by atoms with Gasteiger partial charge in [0.1, 0.15) is 24.7 Å². The summed E-state index contributed by atoms with van der Waals surface area (Å²) in [5.41, 5.74) is 1.23. The monoisotopic (exact) mass is 367 g/mol. The summed E-state index contributed by atoms with van der Waals surface area (Å²) >= 11 is 0. The standard InChI is InChI=1S/C19H21N5O3/c1-12(2)15-9-14(23-19-21-11-22-24(15)19)18(25)20-8-7-13-10-26-16-5-3-4-6-17(16)27-13/h3-6,9,11-13H,7-8,10H2,1-2H3,(H,20,25)/t13-/m0/s1. The topological polar surface area (TPSA) is 90.6 Å². The van der Waals surface area contributed by atoms with Crippen LogP contribution >= 0.6 is 0 Å². The lowest BCUT2D eigenvalue weighted by Gasteiger charge is -2.26. The molecule has 1 amide bonds. The molecule has 3 heterocycles. The number of benzene rings is 1. The number of hydrogen-bond acceptors (Lipinski definition) is 6. The highest BCUT2D eigenvalue weighted by atomic mass is 16.6. The molecule has 0 saturated heterocycles. The Kier molecular flexibility index (Phi) is 4.62. The molecule has 1 aromatic carbocycles. The molecule has 1 aliphatic heterocycles. The van der Waals surface area contributed by atoms with E-state index in [0.29, 0.717) is 31.0 Å². The van der Waals surface area contributed by atoms with Gasteiger partial charge in [0.2, 0.25) is 0 Å². The predicted octanol–water partition coefficient (Wildman–Crippen LogP) is 2.21. The van der Waals surface area contributed by atoms with Crippen molar-refractivity contribution in [2.45, 2.75) is 32.3 Å². The molecule has 0 unspecified atom stereocenters. The van der Waals surface area contributed by atoms with E-state index in [0.717, 1.165) is 17.2 Å². The smallest absolute Gasteiger partial charge is 0.270 e. The van der Waals surface area contributed by atoms with Crippen LogP contribution < -0.4 is 14.8 Å². The Morgan fingerprint density at radius 2 is 2.15 bits per heavy atom. The summed E-state index contributed by atoms with van der Waals surface area (Å²) in [6, 6.07) is 9.34. The first kappa shape index (κ1) is 17.3. The Bertz CT molecular complexity index is 969. The number of nitrogens with zero attached hydrogens (tertiary/aromatic N) is 4. The van der Waals surface area contributed by atoms with Crippen LogP contribution in [0.25, 0.3) is 5.78 Å². The minimum Gasteiger partial charge on any atom is -0.486 e. The first-order valence-corrected chi connectivity index (χ1v) is 8.99. The third-order valence-electron chi connectivity index (χ3n) is 4.42. The SMILES string of the molecule is CC(C)c1cc(C(=O)NCC[C@H]2COc3ccccc3O2)nc2ncnn12. The maximum absolute atomic E-state index is 12.5. The molecular formula is C19H21N5O3. The lowest BCUT2D eigenvalue weighted by atomic mass is 10.1. The van der Waals surface area contributed by atoms with Crippen LogP contribution in [0, 0.1) is 0 Å². The van der Waals surface area contributed by atoms with E-state index in [4.69, 9.17) is 9.47 Å². The van der Waals surface area contributed by atoms with E-state index in [2.05, 4.69) is 20.4 Å². The highest BCUT2D eigenvalue weighted by Gasteiger charge is 2.21. The highest BCUT2D eigenvalue weighted by Crippen LogP contribution is 2.31. The Hall–Kier alpha value is -3.16. The van der Waals surface area contributed by atoms with Gasteiger partial charge in [0.15, 0.2) is 11.5 Å². The molecule has 0 aliphatic carbocycles. The number of hydrogen-bond donors (Lipinski definition) is 1. The summed E-state index contributed by atoms with van der Waals surface area (Å²) in [7, 11) is 0. The Morgan fingerprint density at radius 3 is 2.96 bits per heavy atom. The summed E-state index contributed by atoms with van der Waals surface area (Å²) in [6.45, 7) is 5.01. The van der Waals surface area contributed by atoms with Crippen LogP contribution in [0.1, 0.15) is 42.4 Å². The van der Waals surface area contributed by atoms with E-state index >= 15 is 0 Å². The first-order valence-electron chi connectivity index (χ1n) is 8.99. The van der Waals surface area contributed by atoms with Gasteiger partial charge in [-0.1, -0.05) is 26.0 Å². The molecule has 1 aliphatic rings. The Morgan fingerprint density at radius 1 is 1.33 bits per heavy atom. The molecule has 27 heavy (non-hydrogen) atoms. The number of carbonyl (C=O) groups excluding carboxylic acids is 1. The van der Waals surface area contributed by atoms with Crippen molar-refractivity contribution in [3.8, 4) is 11.5 Å². The molecule has 3 aromatic rings. The average Bonchev–Trinajstić information content (AvgIpc) is 3.15. The summed E-state index contributed by atoms with van der Waals surface area (Å²) < 4.78 is 13.3. The van der Waals surface area contributed by atoms with Crippen molar-refractivity contribution in [2.75, 3.05) is 13.2 Å². The van der Waals surface area contributed by atoms with E-state index in [1.54, 1.807) is 10.6 Å². The van der Waals surface area contributed by atoms with Gasteiger partial charge in [-0.2, -0.15) is 10.1 Å². The summed E-state index contributed by atoms with van der Waals surface area (Å²) in [4.78, 5) is 20.9. The second-order valence-electron chi connectivity index (χ2n) is 6.73. The van der Waals surface area contributed by atoms with Gasteiger partial charge in [0, 0.05) is 13.0 Å². The van der Waals surface area contributed by atoms with E-state index in [1.165, 1.54) is 6.33 Å². The quantitative estimate of drug-likeness (QED) is 0.743. The minimum atomic E-state index is -0.237. The van der Waals surface area contributed by atoms with E-state index < -0.39 is 0 Å². The zero-order valence-electron chi connectivity index (χ0n) is 15.3. The van der Waals surface area contributed by atoms with Crippen molar-refractivity contribution >= 4 is 11.7 Å². The molecule has 8 heteroatoms. The number of ether oxygens (including phenoxy) is 2. The molecule has 1 N–H and O–H groups in total. The number of nitrogens with one attached hydrogen (secondary N) is 1. The van der Waals surface area contributed by atoms with E-state index in [1.807, 2.05) is 38.1 Å². The van der Waals surface area contributed by atoms with Crippen LogP contribution in [-0.4, -0.2) is 44.7 Å². The molecule has 0 fully saturated rings. The number of rotatable bonds is 5. The third kappa shape index (κ3) is 3.55. The van der Waals surface area contributed by atoms with Gasteiger partial charge in [-0.25, -0.2) is 9.50 Å². The van der Waals surface area contributed by atoms with Gasteiger partial charge in [-0.15, -0.1) is 0 Å². The van der Waals surface area contributed by atoms with Crippen LogP contribution in [0.15, 0.2) is 36.7 Å². The van der Waals surface area contributed by atoms with E-state index in [9.17, 15) is 4.79 Å². The number of fused-ring (bicyclic) bond motifs is 2.